The van der Waals surface area contributed by atoms with E-state index in [1.807, 2.05) is 18.5 Å². The Kier molecular flexibility index (Phi) is 8.83. The topological polar surface area (TPSA) is 43.8 Å². The summed E-state index contributed by atoms with van der Waals surface area (Å²) in [7, 11) is 0. The van der Waals surface area contributed by atoms with Crippen LogP contribution in [0.5, 0.6) is 11.5 Å². The van der Waals surface area contributed by atoms with Gasteiger partial charge in [0.05, 0.1) is 6.10 Å². The second kappa shape index (κ2) is 10.9. The molecule has 3 rings (SSSR count). The van der Waals surface area contributed by atoms with E-state index in [4.69, 9.17) is 14.2 Å². The molecule has 0 aliphatic carbocycles. The Bertz CT molecular complexity index is 716. The summed E-state index contributed by atoms with van der Waals surface area (Å²) in [6.45, 7) is 7.84. The highest BCUT2D eigenvalue weighted by Gasteiger charge is 2.18. The van der Waals surface area contributed by atoms with Crippen LogP contribution in [-0.4, -0.2) is 35.9 Å². The number of benzene rings is 1. The molecule has 0 fully saturated rings. The molecule has 1 aromatic heterocycles. The quantitative estimate of drug-likeness (QED) is 0.506. The van der Waals surface area contributed by atoms with E-state index in [2.05, 4.69) is 57.9 Å². The molecule has 1 aromatic carbocycles. The molecule has 0 saturated carbocycles. The first kappa shape index (κ1) is 22.0. The summed E-state index contributed by atoms with van der Waals surface area (Å²) in [6.07, 6.45) is 4.94. The van der Waals surface area contributed by atoms with Gasteiger partial charge in [-0.2, -0.15) is 0 Å². The first-order valence-electron chi connectivity index (χ1n) is 8.92. The molecule has 7 heteroatoms. The third-order valence-corrected chi connectivity index (χ3v) is 4.90. The van der Waals surface area contributed by atoms with Gasteiger partial charge in [0.25, 0.3) is 0 Å². The minimum Gasteiger partial charge on any atom is -0.454 e. The van der Waals surface area contributed by atoms with Gasteiger partial charge >= 0.3 is 0 Å². The van der Waals surface area contributed by atoms with Gasteiger partial charge in [0.15, 0.2) is 11.5 Å². The molecule has 1 aliphatic heterocycles. The Hall–Kier alpha value is -1.34. The summed E-state index contributed by atoms with van der Waals surface area (Å²) in [5.41, 5.74) is 2.44. The molecule has 5 nitrogen and oxygen atoms in total. The largest absolute Gasteiger partial charge is 0.454 e. The normalized spacial score (nSPS) is 12.5. The lowest BCUT2D eigenvalue weighted by atomic mass is 10.1. The number of fused-ring (bicyclic) bond motifs is 1. The number of aromatic nitrogens is 1. The minimum atomic E-state index is 0. The van der Waals surface area contributed by atoms with Gasteiger partial charge in [-0.15, -0.1) is 12.4 Å². The Balaban J connectivity index is 0.00000261. The zero-order chi connectivity index (χ0) is 18.4. The number of ether oxygens (including phenoxy) is 3. The molecular weight excluding hydrogens is 432 g/mol. The number of hydrogen-bond donors (Lipinski definition) is 0. The monoisotopic (exact) mass is 456 g/mol. The fourth-order valence-electron chi connectivity index (χ4n) is 2.89. The number of rotatable bonds is 9. The van der Waals surface area contributed by atoms with Crippen LogP contribution in [0.1, 0.15) is 31.4 Å². The molecule has 0 saturated heterocycles. The average Bonchev–Trinajstić information content (AvgIpc) is 3.06. The van der Waals surface area contributed by atoms with E-state index in [1.165, 1.54) is 11.1 Å². The van der Waals surface area contributed by atoms with Crippen LogP contribution in [-0.2, 0) is 17.8 Å². The zero-order valence-corrected chi connectivity index (χ0v) is 18.1. The first-order chi connectivity index (χ1) is 12.6. The van der Waals surface area contributed by atoms with Gasteiger partial charge in [-0.1, -0.05) is 15.9 Å². The highest BCUT2D eigenvalue weighted by Crippen LogP contribution is 2.37. The van der Waals surface area contributed by atoms with Gasteiger partial charge in [-0.05, 0) is 55.7 Å². The van der Waals surface area contributed by atoms with Crippen molar-refractivity contribution in [2.24, 2.45) is 0 Å². The van der Waals surface area contributed by atoms with Crippen LogP contribution in [0, 0.1) is 0 Å². The van der Waals surface area contributed by atoms with E-state index in [1.54, 1.807) is 0 Å². The van der Waals surface area contributed by atoms with Crippen LogP contribution in [0.3, 0.4) is 0 Å². The molecule has 0 spiro atoms. The summed E-state index contributed by atoms with van der Waals surface area (Å²) >= 11 is 3.67. The number of hydrogen-bond acceptors (Lipinski definition) is 5. The van der Waals surface area contributed by atoms with E-state index in [0.717, 1.165) is 48.6 Å². The van der Waals surface area contributed by atoms with Crippen molar-refractivity contribution < 1.29 is 14.2 Å². The summed E-state index contributed by atoms with van der Waals surface area (Å²) in [5, 5.41) is 0. The van der Waals surface area contributed by atoms with Crippen LogP contribution < -0.4 is 9.47 Å². The molecule has 27 heavy (non-hydrogen) atoms. The van der Waals surface area contributed by atoms with Gasteiger partial charge in [-0.25, -0.2) is 0 Å². The predicted octanol–water partition coefficient (Wildman–Crippen LogP) is 4.81. The van der Waals surface area contributed by atoms with E-state index in [-0.39, 0.29) is 18.5 Å². The van der Waals surface area contributed by atoms with Gasteiger partial charge in [0.2, 0.25) is 6.79 Å². The van der Waals surface area contributed by atoms with E-state index in [9.17, 15) is 0 Å². The van der Waals surface area contributed by atoms with Crippen LogP contribution in [0.4, 0.5) is 0 Å². The van der Waals surface area contributed by atoms with Crippen LogP contribution in [0.15, 0.2) is 41.1 Å². The summed E-state index contributed by atoms with van der Waals surface area (Å²) in [5.74, 6) is 1.61. The maximum atomic E-state index is 5.69. The van der Waals surface area contributed by atoms with Gasteiger partial charge in [0, 0.05) is 43.1 Å². The van der Waals surface area contributed by atoms with Crippen molar-refractivity contribution >= 4 is 28.3 Å². The molecule has 1 aliphatic rings. The third-order valence-electron chi connectivity index (χ3n) is 4.16. The van der Waals surface area contributed by atoms with Crippen LogP contribution in [0.25, 0.3) is 0 Å². The van der Waals surface area contributed by atoms with E-state index >= 15 is 0 Å². The predicted molar refractivity (Wildman–Crippen MR) is 112 cm³/mol. The maximum absolute atomic E-state index is 5.69. The molecule has 2 aromatic rings. The Morgan fingerprint density at radius 2 is 1.85 bits per heavy atom. The fourth-order valence-corrected chi connectivity index (χ4v) is 3.34. The molecule has 0 radical (unpaired) electrons. The summed E-state index contributed by atoms with van der Waals surface area (Å²) in [6, 6.07) is 8.18. The minimum absolute atomic E-state index is 0. The van der Waals surface area contributed by atoms with Crippen molar-refractivity contribution in [1.29, 1.82) is 0 Å². The highest BCUT2D eigenvalue weighted by atomic mass is 79.9. The number of pyridine rings is 1. The Morgan fingerprint density at radius 3 is 2.56 bits per heavy atom. The van der Waals surface area contributed by atoms with Crippen molar-refractivity contribution in [3.05, 3.63) is 52.3 Å². The molecular formula is C20H26BrClN2O3. The van der Waals surface area contributed by atoms with E-state index in [0.29, 0.717) is 6.79 Å². The van der Waals surface area contributed by atoms with Crippen molar-refractivity contribution in [3.63, 3.8) is 0 Å². The molecule has 0 N–H and O–H groups in total. The van der Waals surface area contributed by atoms with Crippen LogP contribution >= 0.6 is 28.3 Å². The highest BCUT2D eigenvalue weighted by molar-refractivity contribution is 9.10. The van der Waals surface area contributed by atoms with Crippen molar-refractivity contribution in [1.82, 2.24) is 9.88 Å². The van der Waals surface area contributed by atoms with Crippen molar-refractivity contribution in [3.8, 4) is 11.5 Å². The fraction of sp³-hybridized carbons (Fsp3) is 0.450. The van der Waals surface area contributed by atoms with Crippen molar-refractivity contribution in [2.45, 2.75) is 39.5 Å². The lowest BCUT2D eigenvalue weighted by Crippen LogP contribution is -2.25. The molecule has 0 amide bonds. The number of halogens is 2. The molecule has 0 unspecified atom stereocenters. The maximum Gasteiger partial charge on any atom is 0.231 e. The van der Waals surface area contributed by atoms with E-state index < -0.39 is 0 Å². The lowest BCUT2D eigenvalue weighted by Gasteiger charge is -2.23. The zero-order valence-electron chi connectivity index (χ0n) is 15.7. The lowest BCUT2D eigenvalue weighted by molar-refractivity contribution is 0.0692. The standard InChI is InChI=1S/C20H25BrN2O3.ClH/c1-15(2)24-9-3-8-23(12-16-4-6-22-7-5-16)13-17-10-19-20(11-18(17)21)26-14-25-19;/h4-7,10-11,15H,3,8-9,12-14H2,1-2H3;1H. The molecule has 0 bridgehead atoms. The summed E-state index contributed by atoms with van der Waals surface area (Å²) < 4.78 is 17.7. The van der Waals surface area contributed by atoms with Gasteiger partial charge in [-0.3, -0.25) is 9.88 Å². The second-order valence-electron chi connectivity index (χ2n) is 6.64. The van der Waals surface area contributed by atoms with Gasteiger partial charge < -0.3 is 14.2 Å². The Labute approximate surface area is 175 Å². The second-order valence-corrected chi connectivity index (χ2v) is 7.49. The van der Waals surface area contributed by atoms with Gasteiger partial charge in [0.1, 0.15) is 0 Å². The molecule has 2 heterocycles. The van der Waals surface area contributed by atoms with Crippen molar-refractivity contribution in [2.75, 3.05) is 19.9 Å². The smallest absolute Gasteiger partial charge is 0.231 e. The Morgan fingerprint density at radius 1 is 1.15 bits per heavy atom. The third kappa shape index (κ3) is 6.64. The van der Waals surface area contributed by atoms with Crippen LogP contribution in [0.2, 0.25) is 0 Å². The molecule has 148 valence electrons. The number of nitrogens with zero attached hydrogens (tertiary/aromatic N) is 2. The average molecular weight is 458 g/mol. The SMILES string of the molecule is CC(C)OCCCN(Cc1ccncc1)Cc1cc2c(cc1Br)OCO2.Cl. The first-order valence-corrected chi connectivity index (χ1v) is 9.72. The molecule has 0 atom stereocenters. The summed E-state index contributed by atoms with van der Waals surface area (Å²) in [4.78, 5) is 6.53.